The number of esters is 1. The van der Waals surface area contributed by atoms with Crippen molar-refractivity contribution in [3.63, 3.8) is 0 Å². The van der Waals surface area contributed by atoms with Crippen LogP contribution in [0.2, 0.25) is 0 Å². The number of benzene rings is 1. The average molecular weight is 315 g/mol. The molecule has 7 heteroatoms. The molecule has 1 heterocycles. The molecule has 0 radical (unpaired) electrons. The molecule has 0 aliphatic rings. The van der Waals surface area contributed by atoms with Gasteiger partial charge in [0.2, 0.25) is 0 Å². The van der Waals surface area contributed by atoms with Crippen molar-refractivity contribution >= 4 is 17.6 Å². The minimum absolute atomic E-state index is 0.0000170. The Hall–Kier alpha value is -2.96. The summed E-state index contributed by atoms with van der Waals surface area (Å²) in [7, 11) is 0. The molecule has 1 aromatic heterocycles. The van der Waals surface area contributed by atoms with Crippen molar-refractivity contribution in [2.24, 2.45) is 0 Å². The zero-order chi connectivity index (χ0) is 16.8. The number of ether oxygens (including phenoxy) is 2. The van der Waals surface area contributed by atoms with E-state index in [1.807, 2.05) is 6.92 Å². The van der Waals surface area contributed by atoms with Gasteiger partial charge in [0.15, 0.2) is 17.3 Å². The van der Waals surface area contributed by atoms with Gasteiger partial charge in [0, 0.05) is 23.5 Å². The van der Waals surface area contributed by atoms with Crippen LogP contribution in [0.25, 0.3) is 0 Å². The fraction of sp³-hybridized carbons (Fsp3) is 0.250. The van der Waals surface area contributed by atoms with Gasteiger partial charge in [0.25, 0.3) is 0 Å². The summed E-state index contributed by atoms with van der Waals surface area (Å²) in [6.07, 6.45) is 2.74. The minimum Gasteiger partial charge on any atom is -0.493 e. The average Bonchev–Trinajstić information content (AvgIpc) is 2.54. The summed E-state index contributed by atoms with van der Waals surface area (Å²) in [6, 6.07) is 4.99. The molecule has 2 aromatic rings. The highest BCUT2D eigenvalue weighted by molar-refractivity contribution is 5.94. The number of ketones is 1. The first-order valence-electron chi connectivity index (χ1n) is 7.03. The maximum absolute atomic E-state index is 12.0. The van der Waals surface area contributed by atoms with Gasteiger partial charge in [-0.3, -0.25) is 4.79 Å². The predicted octanol–water partition coefficient (Wildman–Crippen LogP) is 2.02. The largest absolute Gasteiger partial charge is 0.493 e. The first kappa shape index (κ1) is 16.4. The fourth-order valence-corrected chi connectivity index (χ4v) is 1.93. The molecule has 2 N–H and O–H groups in total. The third kappa shape index (κ3) is 4.03. The van der Waals surface area contributed by atoms with Gasteiger partial charge in [-0.25, -0.2) is 14.8 Å². The lowest BCUT2D eigenvalue weighted by molar-refractivity contribution is 0.0463. The van der Waals surface area contributed by atoms with Crippen LogP contribution in [-0.4, -0.2) is 28.3 Å². The molecule has 0 spiro atoms. The second kappa shape index (κ2) is 7.35. The van der Waals surface area contributed by atoms with E-state index in [1.54, 1.807) is 18.2 Å². The molecule has 7 nitrogen and oxygen atoms in total. The highest BCUT2D eigenvalue weighted by Crippen LogP contribution is 2.22. The van der Waals surface area contributed by atoms with Crippen LogP contribution in [0.3, 0.4) is 0 Å². The van der Waals surface area contributed by atoms with E-state index in [1.165, 1.54) is 19.3 Å². The molecule has 0 saturated carbocycles. The summed E-state index contributed by atoms with van der Waals surface area (Å²) in [5.41, 5.74) is 6.65. The number of nitrogens with two attached hydrogens (primary N) is 1. The van der Waals surface area contributed by atoms with Crippen molar-refractivity contribution in [3.05, 3.63) is 47.4 Å². The number of nitrogen functional groups attached to an aromatic ring is 1. The zero-order valence-electron chi connectivity index (χ0n) is 12.9. The lowest BCUT2D eigenvalue weighted by atomic mass is 10.1. The topological polar surface area (TPSA) is 104 Å². The van der Waals surface area contributed by atoms with Gasteiger partial charge in [-0.2, -0.15) is 0 Å². The van der Waals surface area contributed by atoms with Gasteiger partial charge in [-0.15, -0.1) is 0 Å². The Morgan fingerprint density at radius 3 is 2.61 bits per heavy atom. The number of nitrogens with zero attached hydrogens (tertiary/aromatic N) is 2. The lowest BCUT2D eigenvalue weighted by Gasteiger charge is -2.12. The molecule has 0 bridgehead atoms. The number of Topliss-reactive ketones (excluding diaryl/α,β-unsaturated/α-hetero) is 1. The highest BCUT2D eigenvalue weighted by atomic mass is 16.5. The molecule has 0 saturated heterocycles. The van der Waals surface area contributed by atoms with Crippen LogP contribution in [-0.2, 0) is 11.3 Å². The zero-order valence-corrected chi connectivity index (χ0v) is 12.9. The Morgan fingerprint density at radius 1 is 1.22 bits per heavy atom. The normalized spacial score (nSPS) is 10.2. The molecular weight excluding hydrogens is 298 g/mol. The molecule has 0 unspecified atom stereocenters. The molecule has 120 valence electrons. The van der Waals surface area contributed by atoms with E-state index in [4.69, 9.17) is 15.2 Å². The van der Waals surface area contributed by atoms with E-state index in [2.05, 4.69) is 9.97 Å². The van der Waals surface area contributed by atoms with E-state index < -0.39 is 5.97 Å². The summed E-state index contributed by atoms with van der Waals surface area (Å²) in [6.45, 7) is 3.70. The van der Waals surface area contributed by atoms with Crippen LogP contribution < -0.4 is 10.5 Å². The molecular formula is C16H17N3O4. The van der Waals surface area contributed by atoms with Crippen molar-refractivity contribution in [2.45, 2.75) is 20.5 Å². The maximum Gasteiger partial charge on any atom is 0.361 e. The van der Waals surface area contributed by atoms with Crippen LogP contribution in [0.5, 0.6) is 5.75 Å². The Bertz CT molecular complexity index is 731. The van der Waals surface area contributed by atoms with Crippen molar-refractivity contribution < 1.29 is 19.1 Å². The van der Waals surface area contributed by atoms with Crippen molar-refractivity contribution in [1.29, 1.82) is 0 Å². The summed E-state index contributed by atoms with van der Waals surface area (Å²) < 4.78 is 10.7. The fourth-order valence-electron chi connectivity index (χ4n) is 1.93. The number of carbonyl (C=O) groups is 2. The van der Waals surface area contributed by atoms with Gasteiger partial charge in [0.1, 0.15) is 12.4 Å². The molecule has 1 aromatic carbocycles. The summed E-state index contributed by atoms with van der Waals surface area (Å²) >= 11 is 0. The maximum atomic E-state index is 12.0. The van der Waals surface area contributed by atoms with E-state index in [0.717, 1.165) is 0 Å². The first-order chi connectivity index (χ1) is 11.0. The second-order valence-corrected chi connectivity index (χ2v) is 4.68. The van der Waals surface area contributed by atoms with Crippen molar-refractivity contribution in [3.8, 4) is 5.75 Å². The third-order valence-electron chi connectivity index (χ3n) is 3.05. The molecule has 0 atom stereocenters. The molecule has 0 amide bonds. The van der Waals surface area contributed by atoms with Crippen molar-refractivity contribution in [1.82, 2.24) is 9.97 Å². The van der Waals surface area contributed by atoms with Gasteiger partial charge in [-0.1, -0.05) is 0 Å². The standard InChI is InChI=1S/C16H17N3O4/c1-3-22-13-5-4-11(10(2)20)8-12(13)9-23-16(21)14-15(17)19-7-6-18-14/h4-8H,3,9H2,1-2H3,(H2,17,19). The predicted molar refractivity (Wildman–Crippen MR) is 83.2 cm³/mol. The number of anilines is 1. The Morgan fingerprint density at radius 2 is 1.96 bits per heavy atom. The monoisotopic (exact) mass is 315 g/mol. The molecule has 0 aliphatic heterocycles. The summed E-state index contributed by atoms with van der Waals surface area (Å²) in [5.74, 6) is -0.220. The Kier molecular flexibility index (Phi) is 5.24. The van der Waals surface area contributed by atoms with E-state index in [9.17, 15) is 9.59 Å². The van der Waals surface area contributed by atoms with Gasteiger partial charge in [0.05, 0.1) is 6.61 Å². The molecule has 0 fully saturated rings. The molecule has 23 heavy (non-hydrogen) atoms. The van der Waals surface area contributed by atoms with E-state index >= 15 is 0 Å². The van der Waals surface area contributed by atoms with Crippen molar-refractivity contribution in [2.75, 3.05) is 12.3 Å². The quantitative estimate of drug-likeness (QED) is 0.642. The van der Waals surface area contributed by atoms with Crippen LogP contribution in [0.15, 0.2) is 30.6 Å². The molecule has 2 rings (SSSR count). The first-order valence-corrected chi connectivity index (χ1v) is 7.03. The Balaban J connectivity index is 2.18. The molecule has 0 aliphatic carbocycles. The van der Waals surface area contributed by atoms with Crippen LogP contribution in [0.1, 0.15) is 40.3 Å². The van der Waals surface area contributed by atoms with Gasteiger partial charge < -0.3 is 15.2 Å². The van der Waals surface area contributed by atoms with Crippen LogP contribution in [0.4, 0.5) is 5.82 Å². The summed E-state index contributed by atoms with van der Waals surface area (Å²) in [5, 5.41) is 0. The number of rotatable bonds is 6. The Labute approximate surface area is 133 Å². The minimum atomic E-state index is -0.689. The van der Waals surface area contributed by atoms with Crippen LogP contribution in [0, 0.1) is 0 Å². The van der Waals surface area contributed by atoms with Crippen LogP contribution >= 0.6 is 0 Å². The number of hydrogen-bond acceptors (Lipinski definition) is 7. The third-order valence-corrected chi connectivity index (χ3v) is 3.05. The number of aromatic nitrogens is 2. The second-order valence-electron chi connectivity index (χ2n) is 4.68. The van der Waals surface area contributed by atoms with E-state index in [0.29, 0.717) is 23.5 Å². The lowest BCUT2D eigenvalue weighted by Crippen LogP contribution is -2.12. The van der Waals surface area contributed by atoms with E-state index in [-0.39, 0.29) is 23.9 Å². The number of hydrogen-bond donors (Lipinski definition) is 1. The smallest absolute Gasteiger partial charge is 0.361 e. The van der Waals surface area contributed by atoms with Gasteiger partial charge >= 0.3 is 5.97 Å². The summed E-state index contributed by atoms with van der Waals surface area (Å²) in [4.78, 5) is 31.1. The highest BCUT2D eigenvalue weighted by Gasteiger charge is 2.15. The number of carbonyl (C=O) groups excluding carboxylic acids is 2. The van der Waals surface area contributed by atoms with Gasteiger partial charge in [-0.05, 0) is 32.0 Å². The SMILES string of the molecule is CCOc1ccc(C(C)=O)cc1COC(=O)c1nccnc1N.